The first-order valence-electron chi connectivity index (χ1n) is 21.3. The van der Waals surface area contributed by atoms with E-state index in [1.54, 1.807) is 7.11 Å². The van der Waals surface area contributed by atoms with E-state index in [9.17, 15) is 19.8 Å². The molecule has 5 aliphatic heterocycles. The van der Waals surface area contributed by atoms with Crippen LogP contribution in [-0.2, 0) is 45.8 Å². The molecule has 322 valence electrons. The van der Waals surface area contributed by atoms with Gasteiger partial charge in [-0.3, -0.25) is 19.4 Å². The molecule has 0 amide bonds. The Morgan fingerprint density at radius 1 is 0.967 bits per heavy atom. The van der Waals surface area contributed by atoms with Crippen molar-refractivity contribution in [3.63, 3.8) is 0 Å². The number of aliphatic hydroxyl groups is 2. The monoisotopic (exact) mass is 842 g/mol. The minimum absolute atomic E-state index is 0.117. The first kappa shape index (κ1) is 41.3. The van der Waals surface area contributed by atoms with Crippen molar-refractivity contribution in [2.45, 2.75) is 104 Å². The van der Waals surface area contributed by atoms with Gasteiger partial charge < -0.3 is 39.0 Å². The molecule has 2 saturated heterocycles. The van der Waals surface area contributed by atoms with Gasteiger partial charge in [-0.05, 0) is 86.4 Å². The number of anilines is 1. The Balaban J connectivity index is 1.37. The molecule has 3 fully saturated rings. The molecule has 3 aromatic rings. The van der Waals surface area contributed by atoms with Crippen LogP contribution in [0.1, 0.15) is 75.3 Å². The summed E-state index contributed by atoms with van der Waals surface area (Å²) in [5.41, 5.74) is -1.85. The third-order valence-corrected chi connectivity index (χ3v) is 16.0. The lowest BCUT2D eigenvalue weighted by Crippen LogP contribution is -2.81. The summed E-state index contributed by atoms with van der Waals surface area (Å²) in [6, 6.07) is 8.75. The van der Waals surface area contributed by atoms with Gasteiger partial charge in [0.15, 0.2) is 6.10 Å². The maximum atomic E-state index is 15.4. The minimum Gasteiger partial charge on any atom is -0.496 e. The fraction of sp³-hybridized carbons (Fsp3) is 0.587. The molecule has 1 aromatic heterocycles. The van der Waals surface area contributed by atoms with Crippen LogP contribution in [0.3, 0.4) is 0 Å². The van der Waals surface area contributed by atoms with Gasteiger partial charge in [0.25, 0.3) is 0 Å². The summed E-state index contributed by atoms with van der Waals surface area (Å²) in [7, 11) is 6.13. The number of nitrogens with zero attached hydrogens (tertiary/aromatic N) is 3. The van der Waals surface area contributed by atoms with Crippen LogP contribution >= 0.6 is 12.6 Å². The summed E-state index contributed by atoms with van der Waals surface area (Å²) in [6.07, 6.45) is 5.83. The second-order valence-corrected chi connectivity index (χ2v) is 18.9. The topological polar surface area (TPSA) is 154 Å². The largest absolute Gasteiger partial charge is 0.496 e. The second-order valence-electron chi connectivity index (χ2n) is 18.4. The van der Waals surface area contributed by atoms with Crippen molar-refractivity contribution >= 4 is 47.1 Å². The number of hydrogen-bond donors (Lipinski definition) is 4. The number of aromatic nitrogens is 1. The first-order valence-corrected chi connectivity index (χ1v) is 21.8. The van der Waals surface area contributed by atoms with E-state index in [0.29, 0.717) is 82.6 Å². The van der Waals surface area contributed by atoms with E-state index < -0.39 is 57.5 Å². The molecule has 14 heteroatoms. The van der Waals surface area contributed by atoms with Crippen LogP contribution in [0.25, 0.3) is 10.9 Å². The first-order chi connectivity index (χ1) is 28.6. The van der Waals surface area contributed by atoms with E-state index in [4.69, 9.17) is 31.6 Å². The molecule has 9 rings (SSSR count). The summed E-state index contributed by atoms with van der Waals surface area (Å²) in [5.74, 6) is -1.62. The zero-order valence-corrected chi connectivity index (χ0v) is 36.6. The molecule has 3 N–H and O–H groups in total. The zero-order valence-electron chi connectivity index (χ0n) is 35.7. The molecule has 1 aliphatic carbocycles. The third kappa shape index (κ3) is 5.36. The van der Waals surface area contributed by atoms with E-state index in [0.717, 1.165) is 38.3 Å². The zero-order chi connectivity index (χ0) is 42.7. The van der Waals surface area contributed by atoms with Gasteiger partial charge in [-0.1, -0.05) is 26.0 Å². The lowest BCUT2D eigenvalue weighted by Gasteiger charge is -2.63. The number of thiol groups is 1. The molecular weight excluding hydrogens is 785 g/mol. The van der Waals surface area contributed by atoms with Crippen molar-refractivity contribution in [1.82, 2.24) is 14.8 Å². The quantitative estimate of drug-likeness (QED) is 0.116. The van der Waals surface area contributed by atoms with Crippen LogP contribution in [-0.4, -0.2) is 133 Å². The number of likely N-dealkylation sites (N-methyl/N-ethyl adjacent to an activating group) is 1. The Labute approximate surface area is 356 Å². The van der Waals surface area contributed by atoms with Crippen molar-refractivity contribution in [2.75, 3.05) is 66.0 Å². The molecule has 6 aliphatic rings. The molecule has 10 atom stereocenters. The predicted molar refractivity (Wildman–Crippen MR) is 228 cm³/mol. The van der Waals surface area contributed by atoms with Gasteiger partial charge >= 0.3 is 17.9 Å². The number of piperidine rings is 1. The van der Waals surface area contributed by atoms with Crippen molar-refractivity contribution in [2.24, 2.45) is 11.3 Å². The van der Waals surface area contributed by atoms with Gasteiger partial charge in [0.05, 0.1) is 33.0 Å². The minimum atomic E-state index is -2.31. The highest BCUT2D eigenvalue weighted by atomic mass is 32.1. The molecule has 2 aromatic carbocycles. The number of hydrogen-bond acceptors (Lipinski definition) is 13. The smallest absolute Gasteiger partial charge is 0.344 e. The number of ether oxygens (including phenoxy) is 4. The molecule has 2 bridgehead atoms. The number of esters is 3. The van der Waals surface area contributed by atoms with Gasteiger partial charge in [0, 0.05) is 95.8 Å². The molecule has 60 heavy (non-hydrogen) atoms. The Hall–Kier alpha value is -4.08. The molecule has 0 radical (unpaired) electrons. The predicted octanol–water partition coefficient (Wildman–Crippen LogP) is 4.28. The van der Waals surface area contributed by atoms with E-state index in [-0.39, 0.29) is 12.0 Å². The lowest BCUT2D eigenvalue weighted by molar-refractivity contribution is -0.228. The van der Waals surface area contributed by atoms with Crippen molar-refractivity contribution in [3.05, 3.63) is 64.9 Å². The normalized spacial score (nSPS) is 36.6. The summed E-state index contributed by atoms with van der Waals surface area (Å²) >= 11 is 4.74. The van der Waals surface area contributed by atoms with Crippen LogP contribution in [0.5, 0.6) is 5.75 Å². The lowest BCUT2D eigenvalue weighted by atomic mass is 9.47. The highest BCUT2D eigenvalue weighted by Crippen LogP contribution is 2.68. The molecule has 1 saturated carbocycles. The SMILES string of the molecule is CC[C@]1(O)C[C@H]2CN(CCc3c([nH]c4ccc(S)cc34)[C@@](C(=O)OC)(c3cc4c(cc3OC)N(C)[C@H]3[C@@](O)(C(=O)OC)[C@H](OC(C)=O)[C@]5(CC)C=CCN6CC[C@]43[C@@H]65)C2)C1. The number of rotatable bonds is 7. The standard InChI is InChI=1S/C46H58N4O9S/c1-8-42(54)22-27-23-45(40(52)57-6,36-29(13-17-49(24-27)25-42)30-19-28(60)11-12-33(30)47-36)32-20-31-34(21-35(32)56-5)48(4)38-44(31)15-18-50-16-10-14-43(9-2,37(44)50)39(59-26(3)51)46(38,55)41(53)58-7/h10-12,14,19-21,27,37-39,47,54-55,60H,8-9,13,15-18,22-25H2,1-7H3/t27-,37+,38-,39-,42+,43-,44-,45+,46+/m1/s1. The number of H-pyrrole nitrogens is 1. The number of methoxy groups -OCH3 is 3. The third-order valence-electron chi connectivity index (χ3n) is 15.7. The highest BCUT2D eigenvalue weighted by molar-refractivity contribution is 7.80. The second kappa shape index (κ2) is 14.2. The van der Waals surface area contributed by atoms with Crippen LogP contribution in [0.2, 0.25) is 0 Å². The summed E-state index contributed by atoms with van der Waals surface area (Å²) in [5, 5.41) is 26.3. The average molecular weight is 843 g/mol. The van der Waals surface area contributed by atoms with E-state index in [1.807, 2.05) is 56.1 Å². The van der Waals surface area contributed by atoms with E-state index in [1.165, 1.54) is 21.1 Å². The van der Waals surface area contributed by atoms with Crippen LogP contribution in [0.4, 0.5) is 5.69 Å². The van der Waals surface area contributed by atoms with Crippen molar-refractivity contribution < 1.29 is 43.5 Å². The van der Waals surface area contributed by atoms with Gasteiger partial charge in [-0.2, -0.15) is 0 Å². The summed E-state index contributed by atoms with van der Waals surface area (Å²) < 4.78 is 24.0. The fourth-order valence-corrected chi connectivity index (χ4v) is 13.7. The maximum Gasteiger partial charge on any atom is 0.344 e. The van der Waals surface area contributed by atoms with Gasteiger partial charge in [-0.25, -0.2) is 4.79 Å². The van der Waals surface area contributed by atoms with Gasteiger partial charge in [0.1, 0.15) is 11.2 Å². The maximum absolute atomic E-state index is 15.4. The number of carbonyl (C=O) groups excluding carboxylic acids is 3. The number of benzene rings is 2. The van der Waals surface area contributed by atoms with Gasteiger partial charge in [-0.15, -0.1) is 12.6 Å². The number of aromatic amines is 1. The average Bonchev–Trinajstić information content (AvgIpc) is 3.89. The van der Waals surface area contributed by atoms with E-state index >= 15 is 4.79 Å². The number of fused-ring (bicyclic) bond motifs is 6. The van der Waals surface area contributed by atoms with Crippen molar-refractivity contribution in [1.29, 1.82) is 0 Å². The summed E-state index contributed by atoms with van der Waals surface area (Å²) in [6.45, 7) is 8.54. The molecular formula is C46H58N4O9S. The van der Waals surface area contributed by atoms with Crippen LogP contribution in [0, 0.1) is 11.3 Å². The molecule has 1 unspecified atom stereocenters. The Bertz CT molecular complexity index is 2320. The van der Waals surface area contributed by atoms with Crippen LogP contribution < -0.4 is 9.64 Å². The fourth-order valence-electron chi connectivity index (χ4n) is 13.5. The molecule has 13 nitrogen and oxygen atoms in total. The number of carbonyl (C=O) groups is 3. The highest BCUT2D eigenvalue weighted by Gasteiger charge is 2.80. The van der Waals surface area contributed by atoms with Crippen molar-refractivity contribution in [3.8, 4) is 5.75 Å². The summed E-state index contributed by atoms with van der Waals surface area (Å²) in [4.78, 5) is 54.0. The Kier molecular flexibility index (Phi) is 9.79. The number of nitrogens with one attached hydrogen (secondary N) is 1. The van der Waals surface area contributed by atoms with Gasteiger partial charge in [0.2, 0.25) is 5.60 Å². The van der Waals surface area contributed by atoms with Crippen LogP contribution in [0.15, 0.2) is 47.4 Å². The van der Waals surface area contributed by atoms with E-state index in [2.05, 4.69) is 26.9 Å². The Morgan fingerprint density at radius 2 is 1.73 bits per heavy atom. The Morgan fingerprint density at radius 3 is 2.42 bits per heavy atom. The molecule has 1 spiro atoms. The molecule has 6 heterocycles.